The number of phenolic OH excluding ortho intramolecular Hbond substituents is 1. The molecule has 0 aliphatic rings. The maximum Gasteiger partial charge on any atom is 0.573 e. The van der Waals surface area contributed by atoms with E-state index in [1.807, 2.05) is 0 Å². The third-order valence-corrected chi connectivity index (χ3v) is 1.97. The Morgan fingerprint density at radius 2 is 2.11 bits per heavy atom. The van der Waals surface area contributed by atoms with Gasteiger partial charge in [-0.25, -0.2) is 4.79 Å². The summed E-state index contributed by atoms with van der Waals surface area (Å²) in [4.78, 5) is 11.5. The van der Waals surface area contributed by atoms with Gasteiger partial charge in [0.05, 0.1) is 12.2 Å². The average Bonchev–Trinajstić information content (AvgIpc) is 2.27. The molecule has 102 valence electrons. The van der Waals surface area contributed by atoms with Gasteiger partial charge < -0.3 is 14.6 Å². The molecule has 1 N–H and O–H groups in total. The van der Waals surface area contributed by atoms with Gasteiger partial charge in [0, 0.05) is 0 Å². The topological polar surface area (TPSA) is 79.5 Å². The summed E-state index contributed by atoms with van der Waals surface area (Å²) in [5.41, 5.74) is -1.20. The van der Waals surface area contributed by atoms with Gasteiger partial charge in [0.25, 0.3) is 0 Å². The van der Waals surface area contributed by atoms with E-state index in [2.05, 4.69) is 9.47 Å². The lowest BCUT2D eigenvalue weighted by atomic mass is 10.1. The quantitative estimate of drug-likeness (QED) is 0.856. The highest BCUT2D eigenvalue weighted by atomic mass is 19.4. The third kappa shape index (κ3) is 3.51. The number of ether oxygens (including phenoxy) is 2. The van der Waals surface area contributed by atoms with E-state index in [0.29, 0.717) is 0 Å². The fraction of sp³-hybridized carbons (Fsp3) is 0.273. The zero-order valence-electron chi connectivity index (χ0n) is 9.61. The van der Waals surface area contributed by atoms with Crippen molar-refractivity contribution in [3.05, 3.63) is 23.3 Å². The molecule has 1 aromatic carbocycles. The van der Waals surface area contributed by atoms with Crippen molar-refractivity contribution in [2.75, 3.05) is 6.61 Å². The number of alkyl halides is 3. The van der Waals surface area contributed by atoms with Gasteiger partial charge >= 0.3 is 12.3 Å². The van der Waals surface area contributed by atoms with E-state index < -0.39 is 29.4 Å². The van der Waals surface area contributed by atoms with Gasteiger partial charge in [-0.05, 0) is 19.1 Å². The number of phenols is 1. The minimum absolute atomic E-state index is 0.111. The molecule has 8 heteroatoms. The van der Waals surface area contributed by atoms with Crippen molar-refractivity contribution in [1.29, 1.82) is 5.26 Å². The highest BCUT2D eigenvalue weighted by molar-refractivity contribution is 5.96. The summed E-state index contributed by atoms with van der Waals surface area (Å²) in [5, 5.41) is 18.2. The molecule has 1 rings (SSSR count). The smallest absolute Gasteiger partial charge is 0.506 e. The minimum atomic E-state index is -5.04. The Morgan fingerprint density at radius 1 is 1.47 bits per heavy atom. The molecule has 0 unspecified atom stereocenters. The number of rotatable bonds is 3. The molecule has 0 heterocycles. The van der Waals surface area contributed by atoms with Crippen LogP contribution in [0.3, 0.4) is 0 Å². The fourth-order valence-electron chi connectivity index (χ4n) is 1.27. The molecule has 0 bridgehead atoms. The van der Waals surface area contributed by atoms with E-state index in [1.54, 1.807) is 0 Å². The number of nitriles is 1. The van der Waals surface area contributed by atoms with Crippen LogP contribution >= 0.6 is 0 Å². The van der Waals surface area contributed by atoms with Crippen LogP contribution in [0, 0.1) is 11.3 Å². The molecule has 0 radical (unpaired) electrons. The lowest BCUT2D eigenvalue weighted by molar-refractivity contribution is -0.274. The maximum absolute atomic E-state index is 12.2. The molecule has 0 fully saturated rings. The third-order valence-electron chi connectivity index (χ3n) is 1.97. The van der Waals surface area contributed by atoms with Gasteiger partial charge in [0.2, 0.25) is 0 Å². The molecule has 0 atom stereocenters. The second kappa shape index (κ2) is 5.48. The summed E-state index contributed by atoms with van der Waals surface area (Å²) in [6.45, 7) is 1.33. The lowest BCUT2D eigenvalue weighted by Gasteiger charge is -2.14. The van der Waals surface area contributed by atoms with E-state index in [9.17, 15) is 23.1 Å². The largest absolute Gasteiger partial charge is 0.573 e. The molecule has 1 aromatic rings. The first kappa shape index (κ1) is 14.6. The summed E-state index contributed by atoms with van der Waals surface area (Å²) >= 11 is 0. The van der Waals surface area contributed by atoms with E-state index >= 15 is 0 Å². The number of aromatic hydroxyl groups is 1. The number of benzene rings is 1. The zero-order chi connectivity index (χ0) is 14.6. The second-order valence-corrected chi connectivity index (χ2v) is 3.21. The number of carbonyl (C=O) groups is 1. The summed E-state index contributed by atoms with van der Waals surface area (Å²) < 4.78 is 44.6. The summed E-state index contributed by atoms with van der Waals surface area (Å²) in [7, 11) is 0. The van der Waals surface area contributed by atoms with Gasteiger partial charge in [-0.2, -0.15) is 5.26 Å². The first-order chi connectivity index (χ1) is 8.80. The molecule has 0 amide bonds. The first-order valence-corrected chi connectivity index (χ1v) is 4.99. The van der Waals surface area contributed by atoms with E-state index in [4.69, 9.17) is 5.26 Å². The standard InChI is InChI=1S/C11H8F3NO4/c1-2-18-10(17)8-7(19-11(12,13)14)4-3-6(5-15)9(8)16/h3-4,16H,2H2,1H3. The predicted molar refractivity (Wildman–Crippen MR) is 55.5 cm³/mol. The van der Waals surface area contributed by atoms with Crippen LogP contribution in [0.2, 0.25) is 0 Å². The number of carbonyl (C=O) groups excluding carboxylic acids is 1. The summed E-state index contributed by atoms with van der Waals surface area (Å²) in [5.74, 6) is -3.05. The van der Waals surface area contributed by atoms with Gasteiger partial charge in [-0.1, -0.05) is 0 Å². The van der Waals surface area contributed by atoms with Crippen molar-refractivity contribution in [2.24, 2.45) is 0 Å². The van der Waals surface area contributed by atoms with Crippen LogP contribution in [0.1, 0.15) is 22.8 Å². The normalized spacial score (nSPS) is 10.7. The van der Waals surface area contributed by atoms with Gasteiger partial charge in [0.15, 0.2) is 5.75 Å². The van der Waals surface area contributed by atoms with E-state index in [0.717, 1.165) is 12.1 Å². The van der Waals surface area contributed by atoms with Gasteiger partial charge in [0.1, 0.15) is 17.4 Å². The second-order valence-electron chi connectivity index (χ2n) is 3.21. The molecule has 0 saturated heterocycles. The Morgan fingerprint density at radius 3 is 2.58 bits per heavy atom. The first-order valence-electron chi connectivity index (χ1n) is 4.99. The minimum Gasteiger partial charge on any atom is -0.506 e. The van der Waals surface area contributed by atoms with E-state index in [-0.39, 0.29) is 12.2 Å². The van der Waals surface area contributed by atoms with Crippen LogP contribution in [0.4, 0.5) is 13.2 Å². The molecule has 0 spiro atoms. The Kier molecular flexibility index (Phi) is 4.22. The molecular weight excluding hydrogens is 267 g/mol. The molecule has 0 aliphatic heterocycles. The van der Waals surface area contributed by atoms with Crippen molar-refractivity contribution >= 4 is 5.97 Å². The van der Waals surface area contributed by atoms with Crippen LogP contribution < -0.4 is 4.74 Å². The molecule has 19 heavy (non-hydrogen) atoms. The Hall–Kier alpha value is -2.43. The van der Waals surface area contributed by atoms with Crippen molar-refractivity contribution in [3.8, 4) is 17.6 Å². The number of esters is 1. The number of hydrogen-bond donors (Lipinski definition) is 1. The predicted octanol–water partition coefficient (Wildman–Crippen LogP) is 2.34. The van der Waals surface area contributed by atoms with Crippen molar-refractivity contribution in [3.63, 3.8) is 0 Å². The van der Waals surface area contributed by atoms with Crippen LogP contribution in [0.5, 0.6) is 11.5 Å². The van der Waals surface area contributed by atoms with Crippen molar-refractivity contribution in [1.82, 2.24) is 0 Å². The zero-order valence-corrected chi connectivity index (χ0v) is 9.61. The SMILES string of the molecule is CCOC(=O)c1c(OC(F)(F)F)ccc(C#N)c1O. The highest BCUT2D eigenvalue weighted by Crippen LogP contribution is 2.34. The van der Waals surface area contributed by atoms with Gasteiger partial charge in [-0.15, -0.1) is 13.2 Å². The molecule has 5 nitrogen and oxygen atoms in total. The summed E-state index contributed by atoms with van der Waals surface area (Å²) in [6.07, 6.45) is -5.04. The van der Waals surface area contributed by atoms with Gasteiger partial charge in [-0.3, -0.25) is 0 Å². The monoisotopic (exact) mass is 275 g/mol. The molecular formula is C11H8F3NO4. The molecule has 0 aromatic heterocycles. The van der Waals surface area contributed by atoms with Crippen LogP contribution in [-0.2, 0) is 4.74 Å². The van der Waals surface area contributed by atoms with E-state index in [1.165, 1.54) is 13.0 Å². The number of halogens is 3. The Balaban J connectivity index is 3.35. The van der Waals surface area contributed by atoms with Crippen LogP contribution in [0.15, 0.2) is 12.1 Å². The average molecular weight is 275 g/mol. The Labute approximate surface area is 105 Å². The maximum atomic E-state index is 12.2. The van der Waals surface area contributed by atoms with Crippen molar-refractivity contribution in [2.45, 2.75) is 13.3 Å². The fourth-order valence-corrected chi connectivity index (χ4v) is 1.27. The van der Waals surface area contributed by atoms with Crippen LogP contribution in [-0.4, -0.2) is 24.0 Å². The number of hydrogen-bond acceptors (Lipinski definition) is 5. The number of nitrogens with zero attached hydrogens (tertiary/aromatic N) is 1. The van der Waals surface area contributed by atoms with Crippen LogP contribution in [0.25, 0.3) is 0 Å². The molecule has 0 aliphatic carbocycles. The Bertz CT molecular complexity index is 534. The van der Waals surface area contributed by atoms with Crippen molar-refractivity contribution < 1.29 is 32.5 Å². The highest BCUT2D eigenvalue weighted by Gasteiger charge is 2.34. The summed E-state index contributed by atoms with van der Waals surface area (Å²) in [6, 6.07) is 3.19. The lowest BCUT2D eigenvalue weighted by Crippen LogP contribution is -2.19. The molecule has 0 saturated carbocycles.